The summed E-state index contributed by atoms with van der Waals surface area (Å²) in [7, 11) is -6.16. The van der Waals surface area contributed by atoms with Crippen LogP contribution < -0.4 is 0 Å². The molecule has 2 aliphatic rings. The fourth-order valence-electron chi connectivity index (χ4n) is 8.29. The minimum absolute atomic E-state index is 0.0803. The van der Waals surface area contributed by atoms with Crippen molar-refractivity contribution in [2.24, 2.45) is 23.2 Å². The Labute approximate surface area is 290 Å². The largest absolute Gasteiger partial charge is 0.548 e. The summed E-state index contributed by atoms with van der Waals surface area (Å²) in [6.45, 7) is 24.9. The van der Waals surface area contributed by atoms with Crippen LogP contribution >= 0.6 is 0 Å². The van der Waals surface area contributed by atoms with Crippen molar-refractivity contribution in [2.75, 3.05) is 26.3 Å². The summed E-state index contributed by atoms with van der Waals surface area (Å²) in [5.41, 5.74) is 1.54. The van der Waals surface area contributed by atoms with Gasteiger partial charge in [0.1, 0.15) is 0 Å². The first-order valence-electron chi connectivity index (χ1n) is 17.4. The second-order valence-corrected chi connectivity index (χ2v) is 21.7. The lowest BCUT2D eigenvalue weighted by atomic mass is 9.65. The number of sulfonamides is 1. The molecule has 8 nitrogen and oxygen atoms in total. The fraction of sp³-hybridized carbons (Fsp3) is 0.632. The third-order valence-corrected chi connectivity index (χ3v) is 18.2. The van der Waals surface area contributed by atoms with Gasteiger partial charge in [0.2, 0.25) is 10.0 Å². The fourth-order valence-corrected chi connectivity index (χ4v) is 15.0. The number of nitrogens with zero attached hydrogens (tertiary/aromatic N) is 1. The Kier molecular flexibility index (Phi) is 13.4. The van der Waals surface area contributed by atoms with Crippen LogP contribution in [0, 0.1) is 41.9 Å². The van der Waals surface area contributed by atoms with E-state index in [0.717, 1.165) is 11.1 Å². The molecule has 0 spiro atoms. The Hall–Kier alpha value is -2.87. The summed E-state index contributed by atoms with van der Waals surface area (Å²) in [5, 5.41) is 0. The lowest BCUT2D eigenvalue weighted by molar-refractivity contribution is -0.177. The van der Waals surface area contributed by atoms with Crippen molar-refractivity contribution < 1.29 is 31.9 Å². The molecule has 0 bridgehead atoms. The lowest BCUT2D eigenvalue weighted by Crippen LogP contribution is -2.52. The highest BCUT2D eigenvalue weighted by molar-refractivity contribution is 7.89. The van der Waals surface area contributed by atoms with Gasteiger partial charge in [-0.3, -0.25) is 9.59 Å². The maximum Gasteiger partial charge on any atom is 0.325 e. The van der Waals surface area contributed by atoms with E-state index in [1.807, 2.05) is 13.2 Å². The molecule has 1 saturated carbocycles. The number of esters is 2. The molecule has 3 atom stereocenters. The van der Waals surface area contributed by atoms with E-state index in [4.69, 9.17) is 13.9 Å². The number of carbonyl (C=O) groups excluding carboxylic acids is 2. The Morgan fingerprint density at radius 3 is 2.04 bits per heavy atom. The average Bonchev–Trinajstić information content (AvgIpc) is 3.37. The average molecular weight is 700 g/mol. The van der Waals surface area contributed by atoms with E-state index in [-0.39, 0.29) is 49.5 Å². The molecule has 3 rings (SSSR count). The van der Waals surface area contributed by atoms with Crippen molar-refractivity contribution in [1.82, 2.24) is 4.31 Å². The van der Waals surface area contributed by atoms with Gasteiger partial charge in [-0.2, -0.15) is 4.31 Å². The molecular weight excluding hydrogens is 643 g/mol. The van der Waals surface area contributed by atoms with Gasteiger partial charge in [0.15, 0.2) is 5.41 Å². The van der Waals surface area contributed by atoms with Gasteiger partial charge in [0.25, 0.3) is 8.32 Å². The third kappa shape index (κ3) is 7.79. The van der Waals surface area contributed by atoms with Gasteiger partial charge in [0, 0.05) is 25.4 Å². The number of aryl methyl sites for hydroxylation is 1. The van der Waals surface area contributed by atoms with Crippen molar-refractivity contribution in [1.29, 1.82) is 0 Å². The molecule has 0 aromatic heterocycles. The number of fused-ring (bicyclic) bond motifs is 1. The maximum absolute atomic E-state index is 14.2. The van der Waals surface area contributed by atoms with Crippen molar-refractivity contribution >= 4 is 30.3 Å². The third-order valence-electron chi connectivity index (χ3n) is 10.3. The van der Waals surface area contributed by atoms with Gasteiger partial charge in [-0.25, -0.2) is 8.42 Å². The van der Waals surface area contributed by atoms with Crippen molar-refractivity contribution in [2.45, 2.75) is 110 Å². The van der Waals surface area contributed by atoms with Crippen LogP contribution in [0.25, 0.3) is 0 Å². The second-order valence-electron chi connectivity index (χ2n) is 14.4. The zero-order chi connectivity index (χ0) is 36.0. The van der Waals surface area contributed by atoms with Crippen LogP contribution in [0.15, 0.2) is 53.1 Å². The summed E-state index contributed by atoms with van der Waals surface area (Å²) in [6, 6.07) is 6.90. The summed E-state index contributed by atoms with van der Waals surface area (Å²) in [5.74, 6) is 3.66. The standard InChI is InChI=1S/C38H57NO7SSi/c1-12-44-36(40)38(37(41)45-13-2,21-14-15-26(3)4)35-32(25-46-48(27(5)6,28(7)8)29(9)10)23-31-24-39(22-20-34(31)35)47(42,43)33-18-16-30(11)17-19-33/h16-19,25,27-29,31,34-35H,3,12-13,20-24H2,1-2,4-11H3/b32-25+/t31-,34+,35+/m1/s1. The molecule has 266 valence electrons. The van der Waals surface area contributed by atoms with Crippen LogP contribution in [0.2, 0.25) is 16.6 Å². The molecule has 48 heavy (non-hydrogen) atoms. The van der Waals surface area contributed by atoms with Crippen LogP contribution in [0.4, 0.5) is 0 Å². The number of allylic oxidation sites excluding steroid dienone is 2. The number of hydrogen-bond donors (Lipinski definition) is 0. The molecular formula is C38H57NO7SSi. The highest BCUT2D eigenvalue weighted by Crippen LogP contribution is 2.56. The Bertz CT molecular complexity index is 1480. The normalized spacial score (nSPS) is 21.2. The minimum atomic E-state index is -3.76. The van der Waals surface area contributed by atoms with Gasteiger partial charge in [-0.1, -0.05) is 77.7 Å². The van der Waals surface area contributed by atoms with E-state index in [9.17, 15) is 18.0 Å². The summed E-state index contributed by atoms with van der Waals surface area (Å²) >= 11 is 0. The predicted octanol–water partition coefficient (Wildman–Crippen LogP) is 7.80. The topological polar surface area (TPSA) is 99.2 Å². The monoisotopic (exact) mass is 699 g/mol. The minimum Gasteiger partial charge on any atom is -0.548 e. The van der Waals surface area contributed by atoms with Crippen LogP contribution in [0.3, 0.4) is 0 Å². The maximum atomic E-state index is 14.2. The molecule has 10 heteroatoms. The second kappa shape index (κ2) is 16.2. The van der Waals surface area contributed by atoms with Gasteiger partial charge in [-0.15, -0.1) is 0 Å². The number of rotatable bonds is 13. The van der Waals surface area contributed by atoms with Crippen molar-refractivity contribution in [3.63, 3.8) is 0 Å². The molecule has 1 heterocycles. The SMILES string of the molecule is C=C(C)C#CCC(C(=O)OCC)(C(=O)OCC)[C@H]1/C(=C/O[Si](C(C)C)(C(C)C)C(C)C)C[C@@H]2CN(S(=O)(=O)c3ccc(C)cc3)CC[C@@H]21. The Morgan fingerprint density at radius 2 is 1.56 bits per heavy atom. The van der Waals surface area contributed by atoms with Gasteiger partial charge >= 0.3 is 11.9 Å². The van der Waals surface area contributed by atoms with Gasteiger partial charge in [0.05, 0.1) is 24.4 Å². The highest BCUT2D eigenvalue weighted by atomic mass is 32.2. The first-order valence-corrected chi connectivity index (χ1v) is 21.0. The molecule has 2 fully saturated rings. The highest BCUT2D eigenvalue weighted by Gasteiger charge is 2.62. The molecule has 1 aromatic rings. The number of hydrogen-bond acceptors (Lipinski definition) is 7. The van der Waals surface area contributed by atoms with E-state index in [0.29, 0.717) is 35.0 Å². The van der Waals surface area contributed by atoms with E-state index < -0.39 is 41.6 Å². The zero-order valence-corrected chi connectivity index (χ0v) is 32.5. The number of carbonyl (C=O) groups is 2. The first-order chi connectivity index (χ1) is 22.5. The molecule has 1 aliphatic heterocycles. The zero-order valence-electron chi connectivity index (χ0n) is 30.7. The molecule has 1 aliphatic carbocycles. The molecule has 0 unspecified atom stereocenters. The number of ether oxygens (including phenoxy) is 2. The van der Waals surface area contributed by atoms with Crippen LogP contribution in [0.1, 0.15) is 87.1 Å². The molecule has 1 aromatic carbocycles. The van der Waals surface area contributed by atoms with Crippen LogP contribution in [-0.4, -0.2) is 59.3 Å². The summed E-state index contributed by atoms with van der Waals surface area (Å²) < 4.78 is 47.6. The smallest absolute Gasteiger partial charge is 0.325 e. The quantitative estimate of drug-likeness (QED) is 0.0681. The molecule has 0 radical (unpaired) electrons. The van der Waals surface area contributed by atoms with E-state index in [2.05, 4.69) is 60.0 Å². The van der Waals surface area contributed by atoms with Crippen LogP contribution in [0.5, 0.6) is 0 Å². The summed E-state index contributed by atoms with van der Waals surface area (Å²) in [6.07, 6.45) is 2.65. The molecule has 1 saturated heterocycles. The van der Waals surface area contributed by atoms with Gasteiger partial charge in [-0.05, 0) is 92.3 Å². The van der Waals surface area contributed by atoms with E-state index in [1.165, 1.54) is 0 Å². The lowest BCUT2D eigenvalue weighted by Gasteiger charge is -2.43. The van der Waals surface area contributed by atoms with Crippen LogP contribution in [-0.2, 0) is 33.5 Å². The predicted molar refractivity (Wildman–Crippen MR) is 193 cm³/mol. The van der Waals surface area contributed by atoms with Gasteiger partial charge < -0.3 is 13.9 Å². The van der Waals surface area contributed by atoms with E-state index in [1.54, 1.807) is 49.3 Å². The molecule has 0 amide bonds. The Balaban J connectivity index is 2.25. The number of piperidine rings is 1. The summed E-state index contributed by atoms with van der Waals surface area (Å²) in [4.78, 5) is 28.7. The van der Waals surface area contributed by atoms with Crippen molar-refractivity contribution in [3.05, 3.63) is 53.8 Å². The molecule has 0 N–H and O–H groups in total. The van der Waals surface area contributed by atoms with E-state index >= 15 is 0 Å². The first kappa shape index (κ1) is 39.6. The van der Waals surface area contributed by atoms with Crippen molar-refractivity contribution in [3.8, 4) is 11.8 Å². The Morgan fingerprint density at radius 1 is 1.02 bits per heavy atom. The number of benzene rings is 1.